The third-order valence-electron chi connectivity index (χ3n) is 3.48. The lowest BCUT2D eigenvalue weighted by molar-refractivity contribution is 0.578. The van der Waals surface area contributed by atoms with E-state index >= 15 is 0 Å². The Morgan fingerprint density at radius 3 is 2.40 bits per heavy atom. The maximum atomic E-state index is 11.9. The van der Waals surface area contributed by atoms with Crippen molar-refractivity contribution >= 4 is 21.8 Å². The molecule has 0 amide bonds. The number of benzene rings is 1. The molecule has 0 aliphatic carbocycles. The van der Waals surface area contributed by atoms with Gasteiger partial charge in [0.05, 0.1) is 5.69 Å². The monoisotopic (exact) mass is 356 g/mol. The maximum Gasteiger partial charge on any atom is 0.276 e. The van der Waals surface area contributed by atoms with E-state index in [1.54, 1.807) is 24.2 Å². The largest absolute Gasteiger partial charge is 0.298 e. The first-order valence-corrected chi connectivity index (χ1v) is 8.88. The summed E-state index contributed by atoms with van der Waals surface area (Å²) in [6.45, 7) is 0. The number of hydrogen-bond acceptors (Lipinski definition) is 7. The molecule has 128 valence electrons. The van der Waals surface area contributed by atoms with Crippen molar-refractivity contribution in [2.75, 3.05) is 19.0 Å². The number of anilines is 2. The second kappa shape index (κ2) is 6.91. The average Bonchev–Trinajstić information content (AvgIpc) is 2.68. The highest BCUT2D eigenvalue weighted by Gasteiger charge is 2.18. The van der Waals surface area contributed by atoms with Crippen molar-refractivity contribution in [3.8, 4) is 11.3 Å². The molecule has 1 N–H and O–H groups in total. The van der Waals surface area contributed by atoms with Gasteiger partial charge in [-0.1, -0.05) is 30.3 Å². The van der Waals surface area contributed by atoms with Gasteiger partial charge in [-0.2, -0.15) is 4.98 Å². The molecular weight excluding hydrogens is 340 g/mol. The van der Waals surface area contributed by atoms with Crippen molar-refractivity contribution in [2.24, 2.45) is 0 Å². The van der Waals surface area contributed by atoms with E-state index in [0.717, 1.165) is 11.3 Å². The van der Waals surface area contributed by atoms with E-state index in [9.17, 15) is 8.42 Å². The standard InChI is InChI=1S/C16H16N6O2S/c1-17-25(23,24)16-19-11-9-14(21-16)22(2)15-18-10-8-13(20-15)12-6-4-3-5-7-12/h3-11,17H,1-2H3. The molecule has 2 aromatic heterocycles. The smallest absolute Gasteiger partial charge is 0.276 e. The van der Waals surface area contributed by atoms with E-state index < -0.39 is 10.0 Å². The number of hydrogen-bond donors (Lipinski definition) is 1. The van der Waals surface area contributed by atoms with Crippen LogP contribution in [0.1, 0.15) is 0 Å². The normalized spacial score (nSPS) is 11.3. The first kappa shape index (κ1) is 16.9. The number of nitrogens with one attached hydrogen (secondary N) is 1. The minimum absolute atomic E-state index is 0.307. The zero-order valence-corrected chi connectivity index (χ0v) is 14.5. The zero-order chi connectivity index (χ0) is 17.9. The topological polar surface area (TPSA) is 101 Å². The molecule has 0 aliphatic heterocycles. The van der Waals surface area contributed by atoms with Gasteiger partial charge in [0, 0.05) is 25.0 Å². The van der Waals surface area contributed by atoms with Crippen molar-refractivity contribution < 1.29 is 8.42 Å². The molecule has 8 nitrogen and oxygen atoms in total. The minimum Gasteiger partial charge on any atom is -0.298 e. The summed E-state index contributed by atoms with van der Waals surface area (Å²) in [4.78, 5) is 18.2. The second-order valence-electron chi connectivity index (χ2n) is 5.07. The highest BCUT2D eigenvalue weighted by Crippen LogP contribution is 2.22. The summed E-state index contributed by atoms with van der Waals surface area (Å²) in [5.41, 5.74) is 1.72. The van der Waals surface area contributed by atoms with Crippen LogP contribution in [0.3, 0.4) is 0 Å². The Kier molecular flexibility index (Phi) is 4.68. The zero-order valence-electron chi connectivity index (χ0n) is 13.7. The molecule has 0 spiro atoms. The molecule has 0 radical (unpaired) electrons. The first-order valence-electron chi connectivity index (χ1n) is 7.40. The van der Waals surface area contributed by atoms with E-state index in [0.29, 0.717) is 11.8 Å². The molecule has 25 heavy (non-hydrogen) atoms. The highest BCUT2D eigenvalue weighted by atomic mass is 32.2. The Bertz CT molecular complexity index is 979. The maximum absolute atomic E-state index is 11.9. The number of rotatable bonds is 5. The van der Waals surface area contributed by atoms with Crippen LogP contribution < -0.4 is 9.62 Å². The number of aromatic nitrogens is 4. The van der Waals surface area contributed by atoms with Crippen LogP contribution in [-0.4, -0.2) is 42.4 Å². The fourth-order valence-electron chi connectivity index (χ4n) is 2.12. The third kappa shape index (κ3) is 3.62. The summed E-state index contributed by atoms with van der Waals surface area (Å²) in [5.74, 6) is 0.766. The quantitative estimate of drug-likeness (QED) is 0.693. The molecular formula is C16H16N6O2S. The predicted molar refractivity (Wildman–Crippen MR) is 93.8 cm³/mol. The van der Waals surface area contributed by atoms with Gasteiger partial charge in [-0.05, 0) is 19.2 Å². The Morgan fingerprint density at radius 1 is 0.960 bits per heavy atom. The van der Waals surface area contributed by atoms with Gasteiger partial charge < -0.3 is 0 Å². The van der Waals surface area contributed by atoms with Gasteiger partial charge in [0.2, 0.25) is 5.95 Å². The van der Waals surface area contributed by atoms with Crippen molar-refractivity contribution in [1.82, 2.24) is 24.7 Å². The Hall–Kier alpha value is -2.91. The van der Waals surface area contributed by atoms with Gasteiger partial charge in [0.1, 0.15) is 5.82 Å². The van der Waals surface area contributed by atoms with Gasteiger partial charge in [0.25, 0.3) is 15.2 Å². The van der Waals surface area contributed by atoms with Gasteiger partial charge in [-0.15, -0.1) is 0 Å². The van der Waals surface area contributed by atoms with Gasteiger partial charge in [0.15, 0.2) is 0 Å². The lowest BCUT2D eigenvalue weighted by atomic mass is 10.1. The molecule has 0 bridgehead atoms. The van der Waals surface area contributed by atoms with Crippen LogP contribution in [0.25, 0.3) is 11.3 Å². The molecule has 3 rings (SSSR count). The Morgan fingerprint density at radius 2 is 1.68 bits per heavy atom. The molecule has 0 atom stereocenters. The summed E-state index contributed by atoms with van der Waals surface area (Å²) in [6, 6.07) is 13.1. The third-order valence-corrected chi connectivity index (χ3v) is 4.70. The fourth-order valence-corrected chi connectivity index (χ4v) is 2.72. The summed E-state index contributed by atoms with van der Waals surface area (Å²) in [7, 11) is -0.710. The molecule has 0 fully saturated rings. The predicted octanol–water partition coefficient (Wildman–Crippen LogP) is 1.61. The second-order valence-corrected chi connectivity index (χ2v) is 6.85. The average molecular weight is 356 g/mol. The van der Waals surface area contributed by atoms with Crippen molar-refractivity contribution in [2.45, 2.75) is 5.16 Å². The van der Waals surface area contributed by atoms with E-state index in [-0.39, 0.29) is 5.16 Å². The molecule has 9 heteroatoms. The molecule has 1 aromatic carbocycles. The molecule has 3 aromatic rings. The summed E-state index contributed by atoms with van der Waals surface area (Å²) < 4.78 is 25.9. The van der Waals surface area contributed by atoms with Gasteiger partial charge >= 0.3 is 0 Å². The first-order chi connectivity index (χ1) is 12.0. The lowest BCUT2D eigenvalue weighted by Crippen LogP contribution is -2.23. The van der Waals surface area contributed by atoms with Crippen molar-refractivity contribution in [3.63, 3.8) is 0 Å². The summed E-state index contributed by atoms with van der Waals surface area (Å²) >= 11 is 0. The number of nitrogens with zero attached hydrogens (tertiary/aromatic N) is 5. The van der Waals surface area contributed by atoms with Crippen LogP contribution in [0.5, 0.6) is 0 Å². The van der Waals surface area contributed by atoms with Crippen LogP contribution in [0.15, 0.2) is 60.0 Å². The van der Waals surface area contributed by atoms with Crippen molar-refractivity contribution in [3.05, 3.63) is 54.9 Å². The highest BCUT2D eigenvalue weighted by molar-refractivity contribution is 7.89. The Balaban J connectivity index is 1.97. The summed E-state index contributed by atoms with van der Waals surface area (Å²) in [6.07, 6.45) is 3.03. The minimum atomic E-state index is -3.73. The van der Waals surface area contributed by atoms with Crippen LogP contribution in [-0.2, 0) is 10.0 Å². The number of sulfonamides is 1. The molecule has 0 saturated heterocycles. The molecule has 0 saturated carbocycles. The van der Waals surface area contributed by atoms with E-state index in [2.05, 4.69) is 24.7 Å². The van der Waals surface area contributed by atoms with E-state index in [4.69, 9.17) is 0 Å². The molecule has 0 unspecified atom stereocenters. The SMILES string of the molecule is CNS(=O)(=O)c1nccc(N(C)c2nccc(-c3ccccc3)n2)n1. The van der Waals surface area contributed by atoms with Crippen molar-refractivity contribution in [1.29, 1.82) is 0 Å². The van der Waals surface area contributed by atoms with Crippen LogP contribution in [0.4, 0.5) is 11.8 Å². The van der Waals surface area contributed by atoms with E-state index in [1.165, 1.54) is 13.2 Å². The van der Waals surface area contributed by atoms with Crippen LogP contribution in [0, 0.1) is 0 Å². The van der Waals surface area contributed by atoms with Gasteiger partial charge in [-0.25, -0.2) is 28.1 Å². The summed E-state index contributed by atoms with van der Waals surface area (Å²) in [5, 5.41) is -0.307. The van der Waals surface area contributed by atoms with Crippen LogP contribution in [0.2, 0.25) is 0 Å². The van der Waals surface area contributed by atoms with Gasteiger partial charge in [-0.3, -0.25) is 4.90 Å². The van der Waals surface area contributed by atoms with Crippen LogP contribution >= 0.6 is 0 Å². The molecule has 0 aliphatic rings. The lowest BCUT2D eigenvalue weighted by Gasteiger charge is -2.17. The van der Waals surface area contributed by atoms with E-state index in [1.807, 2.05) is 36.4 Å². The Labute approximate surface area is 145 Å². The molecule has 2 heterocycles. The fraction of sp³-hybridized carbons (Fsp3) is 0.125.